The molecule has 0 spiro atoms. The molecule has 1 aromatic heterocycles. The smallest absolute Gasteiger partial charge is 0.306 e. The monoisotopic (exact) mass is 166 g/mol. The van der Waals surface area contributed by atoms with Crippen molar-refractivity contribution in [2.75, 3.05) is 0 Å². The van der Waals surface area contributed by atoms with Crippen LogP contribution in [0.1, 0.15) is 12.6 Å². The second-order valence-corrected chi connectivity index (χ2v) is 2.64. The van der Waals surface area contributed by atoms with Gasteiger partial charge in [0.05, 0.1) is 5.92 Å². The molecule has 0 aliphatic carbocycles. The Morgan fingerprint density at radius 1 is 1.75 bits per heavy atom. The Hall–Kier alpha value is -1.45. The van der Waals surface area contributed by atoms with Crippen molar-refractivity contribution in [2.45, 2.75) is 13.3 Å². The molecule has 0 radical (unpaired) electrons. The van der Waals surface area contributed by atoms with Crippen LogP contribution in [0.2, 0.25) is 0 Å². The van der Waals surface area contributed by atoms with Crippen LogP contribution < -0.4 is 0 Å². The summed E-state index contributed by atoms with van der Waals surface area (Å²) in [5, 5.41) is 8.60. The molecule has 0 aromatic carbocycles. The normalized spacial score (nSPS) is 12.4. The van der Waals surface area contributed by atoms with Gasteiger partial charge in [-0.05, 0) is 6.07 Å². The standard InChI is InChI=1S/C8H10N2O2/c1-6(8(11)12)4-7-2-3-9-5-10-7/h2-3,5-6H,4H2,1H3,(H,11,12). The molecule has 0 bridgehead atoms. The number of hydrogen-bond donors (Lipinski definition) is 1. The maximum Gasteiger partial charge on any atom is 0.306 e. The van der Waals surface area contributed by atoms with Gasteiger partial charge in [-0.2, -0.15) is 0 Å². The minimum atomic E-state index is -0.798. The summed E-state index contributed by atoms with van der Waals surface area (Å²) < 4.78 is 0. The number of carboxylic acid groups (broad SMARTS) is 1. The first-order chi connectivity index (χ1) is 5.70. The van der Waals surface area contributed by atoms with Gasteiger partial charge in [0, 0.05) is 18.3 Å². The van der Waals surface area contributed by atoms with Gasteiger partial charge in [0.15, 0.2) is 0 Å². The zero-order chi connectivity index (χ0) is 8.97. The number of aromatic nitrogens is 2. The van der Waals surface area contributed by atoms with E-state index in [1.807, 2.05) is 0 Å². The van der Waals surface area contributed by atoms with E-state index in [2.05, 4.69) is 9.97 Å². The fourth-order valence-corrected chi connectivity index (χ4v) is 0.840. The Morgan fingerprint density at radius 3 is 3.00 bits per heavy atom. The molecule has 0 saturated heterocycles. The minimum Gasteiger partial charge on any atom is -0.481 e. The lowest BCUT2D eigenvalue weighted by Gasteiger charge is -2.03. The molecule has 4 nitrogen and oxygen atoms in total. The first-order valence-corrected chi connectivity index (χ1v) is 3.68. The molecule has 0 aliphatic rings. The van der Waals surface area contributed by atoms with Crippen molar-refractivity contribution < 1.29 is 9.90 Å². The van der Waals surface area contributed by atoms with Crippen LogP contribution in [0.4, 0.5) is 0 Å². The summed E-state index contributed by atoms with van der Waals surface area (Å²) in [5.41, 5.74) is 0.764. The Morgan fingerprint density at radius 2 is 2.50 bits per heavy atom. The molecule has 4 heteroatoms. The quantitative estimate of drug-likeness (QED) is 0.719. The zero-order valence-electron chi connectivity index (χ0n) is 6.77. The average molecular weight is 166 g/mol. The van der Waals surface area contributed by atoms with E-state index in [-0.39, 0.29) is 5.92 Å². The van der Waals surface area contributed by atoms with Gasteiger partial charge in [-0.1, -0.05) is 6.92 Å². The molecule has 1 heterocycles. The maximum atomic E-state index is 10.5. The number of aliphatic carboxylic acids is 1. The third-order valence-electron chi connectivity index (χ3n) is 1.58. The second kappa shape index (κ2) is 3.80. The Balaban J connectivity index is 2.58. The molecule has 0 aliphatic heterocycles. The number of nitrogens with zero attached hydrogens (tertiary/aromatic N) is 2. The Labute approximate surface area is 70.3 Å². The Bertz CT molecular complexity index is 261. The predicted octanol–water partition coefficient (Wildman–Crippen LogP) is 0.740. The van der Waals surface area contributed by atoms with Gasteiger partial charge in [0.25, 0.3) is 0 Å². The summed E-state index contributed by atoms with van der Waals surface area (Å²) in [4.78, 5) is 18.1. The van der Waals surface area contributed by atoms with Crippen LogP contribution in [0.15, 0.2) is 18.6 Å². The summed E-state index contributed by atoms with van der Waals surface area (Å²) in [6.45, 7) is 1.66. The van der Waals surface area contributed by atoms with Crippen LogP contribution >= 0.6 is 0 Å². The van der Waals surface area contributed by atoms with Crippen molar-refractivity contribution in [1.82, 2.24) is 9.97 Å². The summed E-state index contributed by atoms with van der Waals surface area (Å²) >= 11 is 0. The molecule has 64 valence electrons. The number of carboxylic acids is 1. The summed E-state index contributed by atoms with van der Waals surface area (Å²) in [6, 6.07) is 1.72. The van der Waals surface area contributed by atoms with Crippen LogP contribution in [-0.4, -0.2) is 21.0 Å². The van der Waals surface area contributed by atoms with Crippen molar-refractivity contribution in [3.63, 3.8) is 0 Å². The molecular weight excluding hydrogens is 156 g/mol. The van der Waals surface area contributed by atoms with Crippen molar-refractivity contribution in [2.24, 2.45) is 5.92 Å². The third kappa shape index (κ3) is 2.30. The van der Waals surface area contributed by atoms with Crippen LogP contribution in [0.25, 0.3) is 0 Å². The fraction of sp³-hybridized carbons (Fsp3) is 0.375. The lowest BCUT2D eigenvalue weighted by Crippen LogP contribution is -2.12. The summed E-state index contributed by atoms with van der Waals surface area (Å²) in [7, 11) is 0. The summed E-state index contributed by atoms with van der Waals surface area (Å²) in [6.07, 6.45) is 3.48. The van der Waals surface area contributed by atoms with Gasteiger partial charge in [0.1, 0.15) is 6.33 Å². The number of carbonyl (C=O) groups is 1. The molecule has 12 heavy (non-hydrogen) atoms. The highest BCUT2D eigenvalue weighted by molar-refractivity contribution is 5.69. The first-order valence-electron chi connectivity index (χ1n) is 3.68. The first kappa shape index (κ1) is 8.64. The van der Waals surface area contributed by atoms with Gasteiger partial charge in [-0.25, -0.2) is 9.97 Å². The topological polar surface area (TPSA) is 63.1 Å². The number of hydrogen-bond acceptors (Lipinski definition) is 3. The van der Waals surface area contributed by atoms with E-state index in [0.717, 1.165) is 5.69 Å². The van der Waals surface area contributed by atoms with Crippen LogP contribution in [0.5, 0.6) is 0 Å². The second-order valence-electron chi connectivity index (χ2n) is 2.64. The fourth-order valence-electron chi connectivity index (χ4n) is 0.840. The highest BCUT2D eigenvalue weighted by Gasteiger charge is 2.11. The van der Waals surface area contributed by atoms with Gasteiger partial charge in [-0.15, -0.1) is 0 Å². The lowest BCUT2D eigenvalue weighted by molar-refractivity contribution is -0.141. The molecule has 1 unspecified atom stereocenters. The highest BCUT2D eigenvalue weighted by Crippen LogP contribution is 2.04. The van der Waals surface area contributed by atoms with E-state index in [1.54, 1.807) is 19.2 Å². The molecule has 1 atom stereocenters. The van der Waals surface area contributed by atoms with Gasteiger partial charge < -0.3 is 5.11 Å². The van der Waals surface area contributed by atoms with Crippen molar-refractivity contribution in [3.8, 4) is 0 Å². The predicted molar refractivity (Wildman–Crippen MR) is 42.5 cm³/mol. The number of rotatable bonds is 3. The minimum absolute atomic E-state index is 0.389. The molecule has 1 rings (SSSR count). The van der Waals surface area contributed by atoms with Crippen molar-refractivity contribution >= 4 is 5.97 Å². The van der Waals surface area contributed by atoms with Gasteiger partial charge in [-0.3, -0.25) is 4.79 Å². The average Bonchev–Trinajstić information content (AvgIpc) is 2.06. The van der Waals surface area contributed by atoms with Gasteiger partial charge in [0.2, 0.25) is 0 Å². The van der Waals surface area contributed by atoms with E-state index in [0.29, 0.717) is 6.42 Å². The summed E-state index contributed by atoms with van der Waals surface area (Å²) in [5.74, 6) is -1.19. The van der Waals surface area contributed by atoms with Crippen LogP contribution in [-0.2, 0) is 11.2 Å². The lowest BCUT2D eigenvalue weighted by atomic mass is 10.1. The molecular formula is C8H10N2O2. The molecule has 1 aromatic rings. The highest BCUT2D eigenvalue weighted by atomic mass is 16.4. The SMILES string of the molecule is CC(Cc1ccncn1)C(=O)O. The Kier molecular flexibility index (Phi) is 2.74. The van der Waals surface area contributed by atoms with Crippen LogP contribution in [0, 0.1) is 5.92 Å². The molecule has 0 fully saturated rings. The third-order valence-corrected chi connectivity index (χ3v) is 1.58. The maximum absolute atomic E-state index is 10.5. The largest absolute Gasteiger partial charge is 0.481 e. The van der Waals surface area contributed by atoms with E-state index >= 15 is 0 Å². The molecule has 1 N–H and O–H groups in total. The van der Waals surface area contributed by atoms with Crippen LogP contribution in [0.3, 0.4) is 0 Å². The van der Waals surface area contributed by atoms with E-state index in [4.69, 9.17) is 5.11 Å². The van der Waals surface area contributed by atoms with Crippen molar-refractivity contribution in [1.29, 1.82) is 0 Å². The van der Waals surface area contributed by atoms with Crippen molar-refractivity contribution in [3.05, 3.63) is 24.3 Å². The molecule has 0 saturated carbocycles. The molecule has 0 amide bonds. The van der Waals surface area contributed by atoms with Gasteiger partial charge >= 0.3 is 5.97 Å². The van der Waals surface area contributed by atoms with E-state index in [1.165, 1.54) is 6.33 Å². The van der Waals surface area contributed by atoms with E-state index < -0.39 is 5.97 Å². The zero-order valence-corrected chi connectivity index (χ0v) is 6.77. The van der Waals surface area contributed by atoms with E-state index in [9.17, 15) is 4.79 Å².